The summed E-state index contributed by atoms with van der Waals surface area (Å²) in [6.07, 6.45) is 0. The van der Waals surface area contributed by atoms with Crippen molar-refractivity contribution in [3.05, 3.63) is 63.1 Å². The largest absolute Gasteiger partial charge is 0.306 e. The standard InChI is InChI=1S/C15H12Cl2N2S/c16-11-5-6-12(17)10(7-11)8-18-9-15-19-13-3-1-2-4-14(13)20-15/h1-7,18H,8-9H2. The van der Waals surface area contributed by atoms with Crippen molar-refractivity contribution in [1.29, 1.82) is 0 Å². The van der Waals surface area contributed by atoms with Crippen LogP contribution in [0.15, 0.2) is 42.5 Å². The summed E-state index contributed by atoms with van der Waals surface area (Å²) in [4.78, 5) is 4.58. The maximum atomic E-state index is 6.13. The van der Waals surface area contributed by atoms with Gasteiger partial charge in [0.15, 0.2) is 0 Å². The topological polar surface area (TPSA) is 24.9 Å². The number of nitrogens with one attached hydrogen (secondary N) is 1. The van der Waals surface area contributed by atoms with Gasteiger partial charge < -0.3 is 5.32 Å². The number of hydrogen-bond donors (Lipinski definition) is 1. The molecule has 0 atom stereocenters. The average molecular weight is 323 g/mol. The Hall–Kier alpha value is -1.13. The molecule has 0 spiro atoms. The number of rotatable bonds is 4. The van der Waals surface area contributed by atoms with Crippen molar-refractivity contribution in [3.63, 3.8) is 0 Å². The van der Waals surface area contributed by atoms with E-state index in [-0.39, 0.29) is 0 Å². The van der Waals surface area contributed by atoms with Gasteiger partial charge in [0.25, 0.3) is 0 Å². The summed E-state index contributed by atoms with van der Waals surface area (Å²) in [5.41, 5.74) is 2.05. The van der Waals surface area contributed by atoms with E-state index >= 15 is 0 Å². The van der Waals surface area contributed by atoms with E-state index in [1.54, 1.807) is 17.4 Å². The van der Waals surface area contributed by atoms with Gasteiger partial charge in [-0.05, 0) is 35.9 Å². The summed E-state index contributed by atoms with van der Waals surface area (Å²) in [5.74, 6) is 0. The lowest BCUT2D eigenvalue weighted by molar-refractivity contribution is 0.691. The van der Waals surface area contributed by atoms with Gasteiger partial charge in [0, 0.05) is 23.1 Å². The quantitative estimate of drug-likeness (QED) is 0.739. The second-order valence-electron chi connectivity index (χ2n) is 4.41. The SMILES string of the molecule is Clc1ccc(Cl)c(CNCc2nc3ccccc3s2)c1. The molecule has 0 unspecified atom stereocenters. The molecule has 0 aliphatic heterocycles. The molecule has 1 heterocycles. The van der Waals surface area contributed by atoms with Crippen LogP contribution in [0.3, 0.4) is 0 Å². The highest BCUT2D eigenvalue weighted by Gasteiger charge is 2.04. The van der Waals surface area contributed by atoms with Gasteiger partial charge in [-0.2, -0.15) is 0 Å². The Bertz CT molecular complexity index is 707. The fourth-order valence-corrected chi connectivity index (χ4v) is 3.29. The summed E-state index contributed by atoms with van der Waals surface area (Å²) < 4.78 is 1.21. The number of halogens is 2. The molecular weight excluding hydrogens is 311 g/mol. The van der Waals surface area contributed by atoms with Crippen molar-refractivity contribution in [2.45, 2.75) is 13.1 Å². The minimum absolute atomic E-state index is 0.676. The van der Waals surface area contributed by atoms with E-state index in [1.165, 1.54) is 4.70 Å². The van der Waals surface area contributed by atoms with Crippen LogP contribution >= 0.6 is 34.5 Å². The van der Waals surface area contributed by atoms with Crippen LogP contribution in [0.1, 0.15) is 10.6 Å². The van der Waals surface area contributed by atoms with Crippen LogP contribution in [-0.2, 0) is 13.1 Å². The Morgan fingerprint density at radius 2 is 1.90 bits per heavy atom. The third kappa shape index (κ3) is 3.13. The number of nitrogens with zero attached hydrogens (tertiary/aromatic N) is 1. The smallest absolute Gasteiger partial charge is 0.108 e. The first kappa shape index (κ1) is 13.8. The maximum absolute atomic E-state index is 6.13. The number of para-hydroxylation sites is 1. The van der Waals surface area contributed by atoms with Crippen molar-refractivity contribution in [3.8, 4) is 0 Å². The monoisotopic (exact) mass is 322 g/mol. The molecule has 102 valence electrons. The van der Waals surface area contributed by atoms with Gasteiger partial charge in [-0.25, -0.2) is 4.98 Å². The van der Waals surface area contributed by atoms with E-state index in [9.17, 15) is 0 Å². The Morgan fingerprint density at radius 3 is 2.75 bits per heavy atom. The summed E-state index contributed by atoms with van der Waals surface area (Å²) >= 11 is 13.8. The van der Waals surface area contributed by atoms with Crippen molar-refractivity contribution in [2.75, 3.05) is 0 Å². The molecule has 0 saturated carbocycles. The lowest BCUT2D eigenvalue weighted by Gasteiger charge is -2.05. The highest BCUT2D eigenvalue weighted by Crippen LogP contribution is 2.22. The molecule has 20 heavy (non-hydrogen) atoms. The van der Waals surface area contributed by atoms with Crippen LogP contribution in [0.4, 0.5) is 0 Å². The first-order chi connectivity index (χ1) is 9.72. The summed E-state index contributed by atoms with van der Waals surface area (Å²) in [6.45, 7) is 1.40. The number of fused-ring (bicyclic) bond motifs is 1. The molecule has 1 aromatic heterocycles. The minimum Gasteiger partial charge on any atom is -0.306 e. The van der Waals surface area contributed by atoms with E-state index in [1.807, 2.05) is 30.3 Å². The van der Waals surface area contributed by atoms with Gasteiger partial charge in [-0.15, -0.1) is 11.3 Å². The maximum Gasteiger partial charge on any atom is 0.108 e. The fourth-order valence-electron chi connectivity index (χ4n) is 1.98. The normalized spacial score (nSPS) is 11.1. The Morgan fingerprint density at radius 1 is 1.05 bits per heavy atom. The fraction of sp³-hybridized carbons (Fsp3) is 0.133. The average Bonchev–Trinajstić information content (AvgIpc) is 2.85. The van der Waals surface area contributed by atoms with E-state index in [4.69, 9.17) is 23.2 Å². The van der Waals surface area contributed by atoms with Crippen molar-refractivity contribution in [1.82, 2.24) is 10.3 Å². The van der Waals surface area contributed by atoms with Crippen LogP contribution in [0, 0.1) is 0 Å². The molecule has 2 aromatic carbocycles. The molecule has 0 amide bonds. The molecule has 5 heteroatoms. The Balaban J connectivity index is 1.66. The molecule has 0 aliphatic carbocycles. The van der Waals surface area contributed by atoms with Crippen LogP contribution in [0.5, 0.6) is 0 Å². The van der Waals surface area contributed by atoms with Gasteiger partial charge >= 0.3 is 0 Å². The van der Waals surface area contributed by atoms with Gasteiger partial charge in [-0.1, -0.05) is 35.3 Å². The van der Waals surface area contributed by atoms with Crippen molar-refractivity contribution in [2.24, 2.45) is 0 Å². The second-order valence-corrected chi connectivity index (χ2v) is 6.37. The highest BCUT2D eigenvalue weighted by atomic mass is 35.5. The van der Waals surface area contributed by atoms with Gasteiger partial charge in [0.1, 0.15) is 5.01 Å². The molecule has 2 nitrogen and oxygen atoms in total. The molecule has 0 fully saturated rings. The highest BCUT2D eigenvalue weighted by molar-refractivity contribution is 7.18. The lowest BCUT2D eigenvalue weighted by atomic mass is 10.2. The van der Waals surface area contributed by atoms with E-state index in [0.29, 0.717) is 11.6 Å². The molecule has 1 N–H and O–H groups in total. The van der Waals surface area contributed by atoms with Crippen molar-refractivity contribution >= 4 is 44.8 Å². The van der Waals surface area contributed by atoms with Gasteiger partial charge in [-0.3, -0.25) is 0 Å². The van der Waals surface area contributed by atoms with Crippen LogP contribution in [-0.4, -0.2) is 4.98 Å². The zero-order valence-corrected chi connectivity index (χ0v) is 12.9. The summed E-state index contributed by atoms with van der Waals surface area (Å²) in [7, 11) is 0. The van der Waals surface area contributed by atoms with E-state index < -0.39 is 0 Å². The molecule has 0 bridgehead atoms. The summed E-state index contributed by atoms with van der Waals surface area (Å²) in [6, 6.07) is 13.6. The molecule has 3 aromatic rings. The van der Waals surface area contributed by atoms with Crippen LogP contribution in [0.25, 0.3) is 10.2 Å². The predicted molar refractivity (Wildman–Crippen MR) is 86.6 cm³/mol. The third-order valence-corrected chi connectivity index (χ3v) is 4.58. The zero-order chi connectivity index (χ0) is 13.9. The first-order valence-corrected chi connectivity index (χ1v) is 7.79. The number of aromatic nitrogens is 1. The van der Waals surface area contributed by atoms with E-state index in [0.717, 1.165) is 27.7 Å². The van der Waals surface area contributed by atoms with E-state index in [2.05, 4.69) is 16.4 Å². The molecule has 0 saturated heterocycles. The Labute approximate surface area is 131 Å². The predicted octanol–water partition coefficient (Wildman–Crippen LogP) is 4.89. The van der Waals surface area contributed by atoms with Gasteiger partial charge in [0.2, 0.25) is 0 Å². The lowest BCUT2D eigenvalue weighted by Crippen LogP contribution is -2.12. The molecule has 0 aliphatic rings. The second kappa shape index (κ2) is 6.10. The Kier molecular flexibility index (Phi) is 4.22. The van der Waals surface area contributed by atoms with Gasteiger partial charge in [0.05, 0.1) is 10.2 Å². The number of thiazole rings is 1. The molecule has 3 rings (SSSR count). The van der Waals surface area contributed by atoms with Crippen LogP contribution in [0.2, 0.25) is 10.0 Å². The van der Waals surface area contributed by atoms with Crippen molar-refractivity contribution < 1.29 is 0 Å². The number of hydrogen-bond acceptors (Lipinski definition) is 3. The minimum atomic E-state index is 0.676. The van der Waals surface area contributed by atoms with Crippen LogP contribution < -0.4 is 5.32 Å². The third-order valence-electron chi connectivity index (χ3n) is 2.94. The summed E-state index contributed by atoms with van der Waals surface area (Å²) in [5, 5.41) is 5.85. The molecule has 0 radical (unpaired) electrons. The molecular formula is C15H12Cl2N2S. The number of benzene rings is 2. The first-order valence-electron chi connectivity index (χ1n) is 6.21. The zero-order valence-electron chi connectivity index (χ0n) is 10.6.